The van der Waals surface area contributed by atoms with E-state index in [4.69, 9.17) is 0 Å². The van der Waals surface area contributed by atoms with Crippen molar-refractivity contribution in [3.8, 4) is 0 Å². The lowest BCUT2D eigenvalue weighted by Crippen LogP contribution is -2.51. The lowest BCUT2D eigenvalue weighted by Gasteiger charge is -2.34. The molecule has 1 saturated heterocycles. The van der Waals surface area contributed by atoms with Gasteiger partial charge in [0.05, 0.1) is 15.2 Å². The van der Waals surface area contributed by atoms with Crippen LogP contribution in [0, 0.1) is 5.92 Å². The molecule has 3 amide bonds. The average molecular weight is 399 g/mol. The summed E-state index contributed by atoms with van der Waals surface area (Å²) >= 11 is 4.62. The number of hydrogen-bond donors (Lipinski definition) is 1. The predicted molar refractivity (Wildman–Crippen MR) is 91.6 cm³/mol. The minimum absolute atomic E-state index is 0.156. The van der Waals surface area contributed by atoms with Crippen LogP contribution in [0.4, 0.5) is 4.79 Å². The summed E-state index contributed by atoms with van der Waals surface area (Å²) in [5.74, 6) is -0.320. The second-order valence-electron chi connectivity index (χ2n) is 6.39. The Hall–Kier alpha value is -1.21. The lowest BCUT2D eigenvalue weighted by molar-refractivity contribution is -0.132. The van der Waals surface area contributed by atoms with E-state index in [9.17, 15) is 14.4 Å². The SMILES string of the molecule is C[C@@]1(C2CCCCC2)NC(=O)N(CC(=O)c2ccc(Br)s2)C1=O. The molecule has 1 N–H and O–H groups in total. The van der Waals surface area contributed by atoms with Gasteiger partial charge in [-0.15, -0.1) is 11.3 Å². The van der Waals surface area contributed by atoms with Gasteiger partial charge in [-0.05, 0) is 53.7 Å². The second-order valence-corrected chi connectivity index (χ2v) is 8.85. The summed E-state index contributed by atoms with van der Waals surface area (Å²) in [6.07, 6.45) is 5.26. The molecule has 0 radical (unpaired) electrons. The van der Waals surface area contributed by atoms with E-state index >= 15 is 0 Å². The first-order valence-electron chi connectivity index (χ1n) is 7.84. The van der Waals surface area contributed by atoms with E-state index in [-0.39, 0.29) is 24.2 Å². The van der Waals surface area contributed by atoms with E-state index in [2.05, 4.69) is 21.2 Å². The molecule has 2 fully saturated rings. The number of rotatable bonds is 4. The quantitative estimate of drug-likeness (QED) is 0.622. The maximum Gasteiger partial charge on any atom is 0.325 e. The van der Waals surface area contributed by atoms with Crippen LogP contribution in [0.5, 0.6) is 0 Å². The molecule has 2 heterocycles. The molecule has 2 aliphatic rings. The van der Waals surface area contributed by atoms with Gasteiger partial charge in [0.15, 0.2) is 5.78 Å². The van der Waals surface area contributed by atoms with Crippen LogP contribution in [0.2, 0.25) is 0 Å². The molecule has 1 aromatic rings. The maximum absolute atomic E-state index is 12.8. The maximum atomic E-state index is 12.8. The molecule has 1 aromatic heterocycles. The van der Waals surface area contributed by atoms with Crippen LogP contribution >= 0.6 is 27.3 Å². The Kier molecular flexibility index (Phi) is 4.60. The molecule has 5 nitrogen and oxygen atoms in total. The van der Waals surface area contributed by atoms with Gasteiger partial charge in [-0.2, -0.15) is 0 Å². The fourth-order valence-electron chi connectivity index (χ4n) is 3.50. The van der Waals surface area contributed by atoms with E-state index in [1.54, 1.807) is 19.1 Å². The third kappa shape index (κ3) is 3.08. The molecular formula is C16H19BrN2O3S. The number of nitrogens with zero attached hydrogens (tertiary/aromatic N) is 1. The zero-order chi connectivity index (χ0) is 16.6. The van der Waals surface area contributed by atoms with Crippen molar-refractivity contribution in [2.75, 3.05) is 6.54 Å². The van der Waals surface area contributed by atoms with Crippen LogP contribution in [-0.2, 0) is 4.79 Å². The van der Waals surface area contributed by atoms with Gasteiger partial charge < -0.3 is 5.32 Å². The van der Waals surface area contributed by atoms with Gasteiger partial charge in [0.1, 0.15) is 5.54 Å². The molecule has 0 aromatic carbocycles. The van der Waals surface area contributed by atoms with E-state index in [0.717, 1.165) is 34.4 Å². The zero-order valence-corrected chi connectivity index (χ0v) is 15.3. The summed E-state index contributed by atoms with van der Waals surface area (Å²) in [6.45, 7) is 1.61. The Bertz CT molecular complexity index is 654. The summed E-state index contributed by atoms with van der Waals surface area (Å²) in [5.41, 5.74) is -0.867. The number of urea groups is 1. The number of nitrogens with one attached hydrogen (secondary N) is 1. The Morgan fingerprint density at radius 1 is 1.35 bits per heavy atom. The number of ketones is 1. The highest BCUT2D eigenvalue weighted by Gasteiger charge is 2.52. The van der Waals surface area contributed by atoms with Crippen LogP contribution in [0.1, 0.15) is 48.7 Å². The third-order valence-electron chi connectivity index (χ3n) is 4.87. The molecule has 0 unspecified atom stereocenters. The van der Waals surface area contributed by atoms with Gasteiger partial charge >= 0.3 is 6.03 Å². The summed E-state index contributed by atoms with van der Waals surface area (Å²) in [7, 11) is 0. The first kappa shape index (κ1) is 16.6. The third-order valence-corrected chi connectivity index (χ3v) is 6.54. The Morgan fingerprint density at radius 2 is 2.04 bits per heavy atom. The van der Waals surface area contributed by atoms with Crippen molar-refractivity contribution < 1.29 is 14.4 Å². The highest BCUT2D eigenvalue weighted by atomic mass is 79.9. The molecule has 23 heavy (non-hydrogen) atoms. The van der Waals surface area contributed by atoms with Crippen molar-refractivity contribution in [1.29, 1.82) is 0 Å². The first-order chi connectivity index (χ1) is 10.9. The van der Waals surface area contributed by atoms with Crippen molar-refractivity contribution >= 4 is 45.0 Å². The summed E-state index contributed by atoms with van der Waals surface area (Å²) in [5, 5.41) is 2.84. The Labute approximate surface area is 147 Å². The van der Waals surface area contributed by atoms with Gasteiger partial charge in [0.25, 0.3) is 5.91 Å². The van der Waals surface area contributed by atoms with E-state index in [0.29, 0.717) is 4.88 Å². The molecular weight excluding hydrogens is 380 g/mol. The van der Waals surface area contributed by atoms with E-state index in [1.165, 1.54) is 17.8 Å². The molecule has 1 aliphatic carbocycles. The van der Waals surface area contributed by atoms with Crippen molar-refractivity contribution in [2.45, 2.75) is 44.6 Å². The van der Waals surface area contributed by atoms with Crippen LogP contribution in [0.3, 0.4) is 0 Å². The van der Waals surface area contributed by atoms with Crippen LogP contribution in [-0.4, -0.2) is 34.7 Å². The smallest absolute Gasteiger partial charge is 0.323 e. The van der Waals surface area contributed by atoms with Gasteiger partial charge in [0, 0.05) is 0 Å². The van der Waals surface area contributed by atoms with E-state index in [1.807, 2.05) is 0 Å². The lowest BCUT2D eigenvalue weighted by atomic mass is 9.75. The number of carbonyl (C=O) groups excluding carboxylic acids is 3. The molecule has 7 heteroatoms. The molecule has 0 spiro atoms. The second kappa shape index (κ2) is 6.36. The van der Waals surface area contributed by atoms with Crippen molar-refractivity contribution in [1.82, 2.24) is 10.2 Å². The monoisotopic (exact) mass is 398 g/mol. The van der Waals surface area contributed by atoms with Crippen molar-refractivity contribution in [3.05, 3.63) is 20.8 Å². The van der Waals surface area contributed by atoms with E-state index < -0.39 is 11.6 Å². The van der Waals surface area contributed by atoms with Crippen LogP contribution < -0.4 is 5.32 Å². The number of imide groups is 1. The van der Waals surface area contributed by atoms with Gasteiger partial charge in [-0.25, -0.2) is 4.79 Å². The predicted octanol–water partition coefficient (Wildman–Crippen LogP) is 3.58. The highest BCUT2D eigenvalue weighted by molar-refractivity contribution is 9.11. The molecule has 1 atom stereocenters. The topological polar surface area (TPSA) is 66.5 Å². The summed E-state index contributed by atoms with van der Waals surface area (Å²) in [6, 6.07) is 3.04. The first-order valence-corrected chi connectivity index (χ1v) is 9.45. The molecule has 124 valence electrons. The Morgan fingerprint density at radius 3 is 2.65 bits per heavy atom. The zero-order valence-electron chi connectivity index (χ0n) is 12.9. The Balaban J connectivity index is 1.74. The van der Waals surface area contributed by atoms with Crippen molar-refractivity contribution in [3.63, 3.8) is 0 Å². The minimum atomic E-state index is -0.867. The van der Waals surface area contributed by atoms with Gasteiger partial charge in [0.2, 0.25) is 0 Å². The fraction of sp³-hybridized carbons (Fsp3) is 0.562. The van der Waals surface area contributed by atoms with Gasteiger partial charge in [-0.1, -0.05) is 19.3 Å². The molecule has 1 saturated carbocycles. The minimum Gasteiger partial charge on any atom is -0.323 e. The van der Waals surface area contributed by atoms with Gasteiger partial charge in [-0.3, -0.25) is 14.5 Å². The summed E-state index contributed by atoms with van der Waals surface area (Å²) in [4.78, 5) is 39.0. The fourth-order valence-corrected chi connectivity index (χ4v) is 4.82. The van der Waals surface area contributed by atoms with Crippen molar-refractivity contribution in [2.24, 2.45) is 5.92 Å². The number of amides is 3. The molecule has 0 bridgehead atoms. The highest BCUT2D eigenvalue weighted by Crippen LogP contribution is 2.36. The number of carbonyl (C=O) groups is 3. The standard InChI is InChI=1S/C16H19BrN2O3S/c1-16(10-5-3-2-4-6-10)14(21)19(15(22)18-16)9-11(20)12-7-8-13(17)23-12/h7-8,10H,2-6,9H2,1H3,(H,18,22)/t16-/m0/s1. The number of thiophene rings is 1. The average Bonchev–Trinajstić information content (AvgIpc) is 3.06. The number of halogens is 1. The molecule has 3 rings (SSSR count). The molecule has 1 aliphatic heterocycles. The number of hydrogen-bond acceptors (Lipinski definition) is 4. The summed E-state index contributed by atoms with van der Waals surface area (Å²) < 4.78 is 0.852. The normalized spacial score (nSPS) is 25.7. The van der Waals surface area contributed by atoms with Crippen LogP contribution in [0.15, 0.2) is 15.9 Å². The number of Topliss-reactive ketones (excluding diaryl/α,β-unsaturated/α-hetero) is 1. The van der Waals surface area contributed by atoms with Crippen LogP contribution in [0.25, 0.3) is 0 Å². The largest absolute Gasteiger partial charge is 0.325 e.